The third-order valence-corrected chi connectivity index (χ3v) is 3.43. The molecule has 0 amide bonds. The molecule has 0 saturated heterocycles. The minimum absolute atomic E-state index is 0.304. The fourth-order valence-electron chi connectivity index (χ4n) is 2.48. The number of aromatic nitrogens is 2. The highest BCUT2D eigenvalue weighted by molar-refractivity contribution is 5.87. The van der Waals surface area contributed by atoms with Gasteiger partial charge in [0.2, 0.25) is 11.8 Å². The predicted molar refractivity (Wildman–Crippen MR) is 69.1 cm³/mol. The SMILES string of the molecule is Nc1onc2c1Cc1c(noc1N)-c1ccccc1-2. The third kappa shape index (κ3) is 1.25. The molecule has 94 valence electrons. The van der Waals surface area contributed by atoms with E-state index in [4.69, 9.17) is 20.5 Å². The molecule has 2 aromatic heterocycles. The summed E-state index contributed by atoms with van der Waals surface area (Å²) in [5.74, 6) is 0.608. The van der Waals surface area contributed by atoms with Crippen LogP contribution >= 0.6 is 0 Å². The van der Waals surface area contributed by atoms with E-state index in [-0.39, 0.29) is 0 Å². The molecule has 0 fully saturated rings. The van der Waals surface area contributed by atoms with Crippen molar-refractivity contribution in [3.05, 3.63) is 35.4 Å². The maximum absolute atomic E-state index is 5.84. The van der Waals surface area contributed by atoms with E-state index in [9.17, 15) is 0 Å². The molecule has 4 rings (SSSR count). The van der Waals surface area contributed by atoms with E-state index in [1.807, 2.05) is 24.3 Å². The maximum Gasteiger partial charge on any atom is 0.226 e. The molecule has 19 heavy (non-hydrogen) atoms. The second-order valence-corrected chi connectivity index (χ2v) is 4.47. The Morgan fingerprint density at radius 1 is 0.842 bits per heavy atom. The highest BCUT2D eigenvalue weighted by Crippen LogP contribution is 2.42. The van der Waals surface area contributed by atoms with Gasteiger partial charge in [-0.25, -0.2) is 0 Å². The summed E-state index contributed by atoms with van der Waals surface area (Å²) in [4.78, 5) is 0. The highest BCUT2D eigenvalue weighted by Gasteiger charge is 2.28. The Morgan fingerprint density at radius 3 is 1.79 bits per heavy atom. The molecule has 4 N–H and O–H groups in total. The van der Waals surface area contributed by atoms with Gasteiger partial charge in [-0.15, -0.1) is 0 Å². The van der Waals surface area contributed by atoms with Crippen LogP contribution in [0.4, 0.5) is 11.8 Å². The molecule has 0 aliphatic heterocycles. The van der Waals surface area contributed by atoms with Gasteiger partial charge in [-0.1, -0.05) is 34.6 Å². The van der Waals surface area contributed by atoms with E-state index < -0.39 is 0 Å². The van der Waals surface area contributed by atoms with Crippen LogP contribution in [0.5, 0.6) is 0 Å². The average molecular weight is 254 g/mol. The number of anilines is 2. The van der Waals surface area contributed by atoms with Crippen molar-refractivity contribution in [2.24, 2.45) is 0 Å². The number of nitrogens with zero attached hydrogens (tertiary/aromatic N) is 2. The molecule has 3 aromatic rings. The van der Waals surface area contributed by atoms with Crippen LogP contribution in [0.15, 0.2) is 33.3 Å². The number of nitrogens with two attached hydrogens (primary N) is 2. The molecular weight excluding hydrogens is 244 g/mol. The molecule has 0 atom stereocenters. The van der Waals surface area contributed by atoms with Crippen molar-refractivity contribution in [2.45, 2.75) is 6.42 Å². The highest BCUT2D eigenvalue weighted by atomic mass is 16.5. The summed E-state index contributed by atoms with van der Waals surface area (Å²) < 4.78 is 10.2. The maximum atomic E-state index is 5.84. The molecule has 0 saturated carbocycles. The van der Waals surface area contributed by atoms with Gasteiger partial charge in [-0.2, -0.15) is 0 Å². The van der Waals surface area contributed by atoms with Crippen molar-refractivity contribution in [1.82, 2.24) is 10.3 Å². The number of fused-ring (bicyclic) bond motifs is 5. The van der Waals surface area contributed by atoms with Gasteiger partial charge in [0.1, 0.15) is 11.4 Å². The molecular formula is C13H10N4O2. The van der Waals surface area contributed by atoms with Gasteiger partial charge in [0.05, 0.1) is 0 Å². The molecule has 1 aliphatic carbocycles. The van der Waals surface area contributed by atoms with Crippen LogP contribution in [0.1, 0.15) is 11.1 Å². The molecule has 2 heterocycles. The van der Waals surface area contributed by atoms with Gasteiger partial charge < -0.3 is 20.5 Å². The quantitative estimate of drug-likeness (QED) is 0.497. The van der Waals surface area contributed by atoms with Gasteiger partial charge in [0, 0.05) is 28.7 Å². The minimum Gasteiger partial charge on any atom is -0.367 e. The summed E-state index contributed by atoms with van der Waals surface area (Å²) in [5.41, 5.74) is 16.7. The number of hydrogen-bond acceptors (Lipinski definition) is 6. The zero-order valence-corrected chi connectivity index (χ0v) is 9.88. The van der Waals surface area contributed by atoms with E-state index in [0.29, 0.717) is 18.2 Å². The van der Waals surface area contributed by atoms with Gasteiger partial charge in [0.25, 0.3) is 0 Å². The van der Waals surface area contributed by atoms with Gasteiger partial charge >= 0.3 is 0 Å². The predicted octanol–water partition coefficient (Wildman–Crippen LogP) is 2.07. The van der Waals surface area contributed by atoms with E-state index >= 15 is 0 Å². The Labute approximate surface area is 108 Å². The fourth-order valence-corrected chi connectivity index (χ4v) is 2.48. The van der Waals surface area contributed by atoms with Crippen LogP contribution in [-0.2, 0) is 6.42 Å². The first-order valence-electron chi connectivity index (χ1n) is 5.83. The van der Waals surface area contributed by atoms with Crippen LogP contribution in [0.3, 0.4) is 0 Å². The Bertz CT molecular complexity index is 723. The second kappa shape index (κ2) is 3.38. The fraction of sp³-hybridized carbons (Fsp3) is 0.0769. The van der Waals surface area contributed by atoms with E-state index in [1.54, 1.807) is 0 Å². The topological polar surface area (TPSA) is 104 Å². The lowest BCUT2D eigenvalue weighted by atomic mass is 10.0. The van der Waals surface area contributed by atoms with Gasteiger partial charge in [0.15, 0.2) is 0 Å². The molecule has 1 aromatic carbocycles. The van der Waals surface area contributed by atoms with Gasteiger partial charge in [-0.3, -0.25) is 0 Å². The van der Waals surface area contributed by atoms with Crippen molar-refractivity contribution in [3.63, 3.8) is 0 Å². The number of nitrogen functional groups attached to an aromatic ring is 2. The first kappa shape index (κ1) is 10.2. The lowest BCUT2D eigenvalue weighted by Gasteiger charge is -2.02. The van der Waals surface area contributed by atoms with Crippen molar-refractivity contribution in [2.75, 3.05) is 11.5 Å². The first-order chi connectivity index (χ1) is 9.25. The smallest absolute Gasteiger partial charge is 0.226 e. The number of benzene rings is 1. The summed E-state index contributed by atoms with van der Waals surface area (Å²) in [6, 6.07) is 7.77. The Kier molecular flexibility index (Phi) is 1.81. The van der Waals surface area contributed by atoms with Crippen LogP contribution < -0.4 is 11.5 Å². The summed E-state index contributed by atoms with van der Waals surface area (Å²) in [7, 11) is 0. The standard InChI is InChI=1S/C13H10N4O2/c14-12-8-5-9-11(17-19-13(9)15)7-4-2-1-3-6(7)10(8)16-18-12/h1-4H,5,14-15H2. The Morgan fingerprint density at radius 2 is 1.32 bits per heavy atom. The zero-order chi connectivity index (χ0) is 13.0. The molecule has 0 unspecified atom stereocenters. The Hall–Kier alpha value is -2.76. The number of hydrogen-bond donors (Lipinski definition) is 2. The van der Waals surface area contributed by atoms with Crippen LogP contribution in [0.2, 0.25) is 0 Å². The normalized spacial score (nSPS) is 12.4. The molecule has 0 radical (unpaired) electrons. The molecule has 6 heteroatoms. The Balaban J connectivity index is 2.14. The summed E-state index contributed by atoms with van der Waals surface area (Å²) in [6.07, 6.45) is 0.504. The first-order valence-corrected chi connectivity index (χ1v) is 5.83. The second-order valence-electron chi connectivity index (χ2n) is 4.47. The minimum atomic E-state index is 0.304. The zero-order valence-electron chi connectivity index (χ0n) is 9.88. The third-order valence-electron chi connectivity index (χ3n) is 3.43. The monoisotopic (exact) mass is 254 g/mol. The lowest BCUT2D eigenvalue weighted by Crippen LogP contribution is -1.95. The van der Waals surface area contributed by atoms with Crippen LogP contribution in [0.25, 0.3) is 22.5 Å². The lowest BCUT2D eigenvalue weighted by molar-refractivity contribution is 0.438. The van der Waals surface area contributed by atoms with E-state index in [2.05, 4.69) is 10.3 Å². The van der Waals surface area contributed by atoms with Crippen LogP contribution in [0, 0.1) is 0 Å². The average Bonchev–Trinajstić information content (AvgIpc) is 2.92. The van der Waals surface area contributed by atoms with E-state index in [1.165, 1.54) is 0 Å². The molecule has 0 bridgehead atoms. The van der Waals surface area contributed by atoms with Gasteiger partial charge in [-0.05, 0) is 0 Å². The molecule has 6 nitrogen and oxygen atoms in total. The van der Waals surface area contributed by atoms with Crippen molar-refractivity contribution < 1.29 is 9.05 Å². The molecule has 0 spiro atoms. The number of rotatable bonds is 0. The summed E-state index contributed by atoms with van der Waals surface area (Å²) >= 11 is 0. The molecule has 1 aliphatic rings. The van der Waals surface area contributed by atoms with Crippen molar-refractivity contribution in [1.29, 1.82) is 0 Å². The summed E-state index contributed by atoms with van der Waals surface area (Å²) in [5, 5.41) is 8.10. The summed E-state index contributed by atoms with van der Waals surface area (Å²) in [6.45, 7) is 0. The largest absolute Gasteiger partial charge is 0.367 e. The van der Waals surface area contributed by atoms with Crippen molar-refractivity contribution in [3.8, 4) is 22.5 Å². The van der Waals surface area contributed by atoms with Crippen molar-refractivity contribution >= 4 is 11.8 Å². The van der Waals surface area contributed by atoms with E-state index in [0.717, 1.165) is 33.6 Å². The van der Waals surface area contributed by atoms with Crippen LogP contribution in [-0.4, -0.2) is 10.3 Å².